The van der Waals surface area contributed by atoms with E-state index in [1.54, 1.807) is 24.6 Å². The summed E-state index contributed by atoms with van der Waals surface area (Å²) < 4.78 is 5.15. The minimum absolute atomic E-state index is 0.0625. The number of carbonyl (C=O) groups is 1. The van der Waals surface area contributed by atoms with Crippen LogP contribution in [0, 0.1) is 0 Å². The van der Waals surface area contributed by atoms with Gasteiger partial charge in [-0.2, -0.15) is 0 Å². The van der Waals surface area contributed by atoms with E-state index < -0.39 is 0 Å². The van der Waals surface area contributed by atoms with Crippen LogP contribution < -0.4 is 10.1 Å². The van der Waals surface area contributed by atoms with Gasteiger partial charge in [0.05, 0.1) is 7.11 Å². The third kappa shape index (κ3) is 4.35. The molecule has 0 radical (unpaired) electrons. The van der Waals surface area contributed by atoms with Crippen LogP contribution >= 0.6 is 11.3 Å². The third-order valence-electron chi connectivity index (χ3n) is 2.93. The Balaban J connectivity index is 1.72. The fourth-order valence-corrected chi connectivity index (χ4v) is 2.65. The zero-order valence-electron chi connectivity index (χ0n) is 11.5. The molecule has 0 spiro atoms. The molecule has 0 saturated carbocycles. The fourth-order valence-electron chi connectivity index (χ4n) is 1.90. The number of ether oxygens (including phenoxy) is 1. The summed E-state index contributed by atoms with van der Waals surface area (Å²) in [6, 6.07) is 7.87. The second-order valence-corrected chi connectivity index (χ2v) is 5.41. The van der Waals surface area contributed by atoms with Crippen LogP contribution in [0.1, 0.15) is 23.3 Å². The van der Waals surface area contributed by atoms with E-state index in [0.717, 1.165) is 18.4 Å². The zero-order valence-corrected chi connectivity index (χ0v) is 12.3. The minimum atomic E-state index is 0.0625. The molecule has 0 bridgehead atoms. The summed E-state index contributed by atoms with van der Waals surface area (Å²) in [5.74, 6) is 0.624. The molecule has 5 heteroatoms. The highest BCUT2D eigenvalue weighted by atomic mass is 32.1. The molecule has 0 fully saturated rings. The predicted octanol–water partition coefficient (Wildman–Crippen LogP) is 2.79. The van der Waals surface area contributed by atoms with Crippen LogP contribution in [0.2, 0.25) is 0 Å². The number of thiophene rings is 1. The first kappa shape index (κ1) is 14.5. The van der Waals surface area contributed by atoms with Gasteiger partial charge in [-0.25, -0.2) is 4.98 Å². The quantitative estimate of drug-likeness (QED) is 0.853. The van der Waals surface area contributed by atoms with Crippen LogP contribution in [-0.2, 0) is 17.8 Å². The van der Waals surface area contributed by atoms with Gasteiger partial charge in [0.2, 0.25) is 11.8 Å². The molecule has 106 valence electrons. The van der Waals surface area contributed by atoms with E-state index in [4.69, 9.17) is 4.74 Å². The number of hydrogen-bond donors (Lipinski definition) is 1. The summed E-state index contributed by atoms with van der Waals surface area (Å²) in [5, 5.41) is 4.96. The summed E-state index contributed by atoms with van der Waals surface area (Å²) in [4.78, 5) is 17.2. The molecule has 0 aromatic carbocycles. The van der Waals surface area contributed by atoms with Crippen LogP contribution in [0.4, 0.5) is 0 Å². The number of rotatable bonds is 7. The molecule has 2 heterocycles. The molecule has 2 rings (SSSR count). The van der Waals surface area contributed by atoms with Gasteiger partial charge in [0.25, 0.3) is 0 Å². The van der Waals surface area contributed by atoms with Crippen LogP contribution in [-0.4, -0.2) is 18.0 Å². The number of nitrogens with zero attached hydrogens (tertiary/aromatic N) is 1. The molecule has 1 N–H and O–H groups in total. The summed E-state index contributed by atoms with van der Waals surface area (Å²) in [5.41, 5.74) is 0.890. The maximum atomic E-state index is 11.8. The largest absolute Gasteiger partial charge is 0.481 e. The van der Waals surface area contributed by atoms with Gasteiger partial charge in [0, 0.05) is 29.6 Å². The van der Waals surface area contributed by atoms with Crippen molar-refractivity contribution in [3.05, 3.63) is 46.3 Å². The van der Waals surface area contributed by atoms with Crippen molar-refractivity contribution in [2.24, 2.45) is 0 Å². The summed E-state index contributed by atoms with van der Waals surface area (Å²) in [6.45, 7) is 0.453. The summed E-state index contributed by atoms with van der Waals surface area (Å²) in [7, 11) is 1.58. The van der Waals surface area contributed by atoms with E-state index in [2.05, 4.69) is 21.7 Å². The molecule has 0 aliphatic rings. The molecule has 2 aromatic heterocycles. The Kier molecular flexibility index (Phi) is 5.55. The molecule has 1 amide bonds. The van der Waals surface area contributed by atoms with Crippen molar-refractivity contribution in [2.75, 3.05) is 7.11 Å². The van der Waals surface area contributed by atoms with E-state index in [0.29, 0.717) is 18.8 Å². The van der Waals surface area contributed by atoms with E-state index in [-0.39, 0.29) is 5.91 Å². The molecule has 4 nitrogen and oxygen atoms in total. The molecule has 2 aromatic rings. The Morgan fingerprint density at radius 2 is 2.30 bits per heavy atom. The number of aryl methyl sites for hydroxylation is 1. The van der Waals surface area contributed by atoms with Gasteiger partial charge >= 0.3 is 0 Å². The molecule has 0 aliphatic heterocycles. The second-order valence-electron chi connectivity index (χ2n) is 4.38. The van der Waals surface area contributed by atoms with Crippen LogP contribution in [0.15, 0.2) is 35.8 Å². The lowest BCUT2D eigenvalue weighted by Gasteiger charge is -2.08. The monoisotopic (exact) mass is 290 g/mol. The first-order chi connectivity index (χ1) is 9.79. The first-order valence-electron chi connectivity index (χ1n) is 6.56. The molecule has 0 saturated heterocycles. The first-order valence-corrected chi connectivity index (χ1v) is 7.44. The average Bonchev–Trinajstić information content (AvgIpc) is 2.98. The minimum Gasteiger partial charge on any atom is -0.481 e. The van der Waals surface area contributed by atoms with Gasteiger partial charge in [0.15, 0.2) is 0 Å². The van der Waals surface area contributed by atoms with Gasteiger partial charge in [0.1, 0.15) is 0 Å². The average molecular weight is 290 g/mol. The Morgan fingerprint density at radius 3 is 3.05 bits per heavy atom. The number of hydrogen-bond acceptors (Lipinski definition) is 4. The van der Waals surface area contributed by atoms with Crippen LogP contribution in [0.5, 0.6) is 5.88 Å². The van der Waals surface area contributed by atoms with Crippen molar-refractivity contribution in [3.8, 4) is 5.88 Å². The normalized spacial score (nSPS) is 10.2. The van der Waals surface area contributed by atoms with E-state index in [9.17, 15) is 4.79 Å². The molecule has 20 heavy (non-hydrogen) atoms. The van der Waals surface area contributed by atoms with Crippen LogP contribution in [0.3, 0.4) is 0 Å². The topological polar surface area (TPSA) is 51.2 Å². The maximum Gasteiger partial charge on any atom is 0.220 e. The van der Waals surface area contributed by atoms with Gasteiger partial charge in [-0.1, -0.05) is 12.1 Å². The molecule has 0 unspecified atom stereocenters. The molecular formula is C15H18N2O2S. The smallest absolute Gasteiger partial charge is 0.220 e. The second kappa shape index (κ2) is 7.65. The van der Waals surface area contributed by atoms with Crippen molar-refractivity contribution < 1.29 is 9.53 Å². The Bertz CT molecular complexity index is 541. The van der Waals surface area contributed by atoms with Crippen molar-refractivity contribution in [1.29, 1.82) is 0 Å². The highest BCUT2D eigenvalue weighted by Gasteiger charge is 2.06. The van der Waals surface area contributed by atoms with Gasteiger partial charge in [-0.15, -0.1) is 11.3 Å². The predicted molar refractivity (Wildman–Crippen MR) is 79.9 cm³/mol. The van der Waals surface area contributed by atoms with Gasteiger partial charge in [-0.3, -0.25) is 4.79 Å². The highest BCUT2D eigenvalue weighted by Crippen LogP contribution is 2.14. The number of methoxy groups -OCH3 is 1. The maximum absolute atomic E-state index is 11.8. The summed E-state index contributed by atoms with van der Waals surface area (Å²) >= 11 is 1.73. The molecular weight excluding hydrogens is 272 g/mol. The standard InChI is InChI=1S/C15H18N2O2S/c1-19-15-12(5-3-9-16-15)11-17-14(18)8-2-6-13-7-4-10-20-13/h3-5,7,9-10H,2,6,8,11H2,1H3,(H,17,18). The SMILES string of the molecule is COc1ncccc1CNC(=O)CCCc1cccs1. The van der Waals surface area contributed by atoms with Gasteiger partial charge < -0.3 is 10.1 Å². The van der Waals surface area contributed by atoms with Crippen molar-refractivity contribution in [2.45, 2.75) is 25.8 Å². The lowest BCUT2D eigenvalue weighted by molar-refractivity contribution is -0.121. The number of pyridine rings is 1. The molecule has 0 atom stereocenters. The van der Waals surface area contributed by atoms with E-state index in [1.165, 1.54) is 4.88 Å². The Hall–Kier alpha value is -1.88. The van der Waals surface area contributed by atoms with E-state index in [1.807, 2.05) is 18.2 Å². The van der Waals surface area contributed by atoms with E-state index >= 15 is 0 Å². The number of amides is 1. The number of carbonyl (C=O) groups excluding carboxylic acids is 1. The lowest BCUT2D eigenvalue weighted by atomic mass is 10.2. The van der Waals surface area contributed by atoms with Crippen molar-refractivity contribution >= 4 is 17.2 Å². The Labute approximate surface area is 122 Å². The summed E-state index contributed by atoms with van der Waals surface area (Å²) in [6.07, 6.45) is 4.05. The Morgan fingerprint density at radius 1 is 1.40 bits per heavy atom. The van der Waals surface area contributed by atoms with Crippen molar-refractivity contribution in [1.82, 2.24) is 10.3 Å². The third-order valence-corrected chi connectivity index (χ3v) is 3.86. The number of aromatic nitrogens is 1. The zero-order chi connectivity index (χ0) is 14.2. The van der Waals surface area contributed by atoms with Crippen LogP contribution in [0.25, 0.3) is 0 Å². The number of nitrogens with one attached hydrogen (secondary N) is 1. The van der Waals surface area contributed by atoms with Crippen molar-refractivity contribution in [3.63, 3.8) is 0 Å². The fraction of sp³-hybridized carbons (Fsp3) is 0.333. The molecule has 0 aliphatic carbocycles. The highest BCUT2D eigenvalue weighted by molar-refractivity contribution is 7.09. The lowest BCUT2D eigenvalue weighted by Crippen LogP contribution is -2.22. The van der Waals surface area contributed by atoms with Gasteiger partial charge in [-0.05, 0) is 30.4 Å².